The van der Waals surface area contributed by atoms with E-state index in [9.17, 15) is 0 Å². The average molecular weight is 138 g/mol. The van der Waals surface area contributed by atoms with E-state index in [1.807, 2.05) is 30.3 Å². The molecule has 45 valence electrons. The molecule has 1 aromatic carbocycles. The molecule has 0 aliphatic carbocycles. The number of halogens is 1. The molecule has 1 heteroatoms. The monoisotopic (exact) mass is 137 g/mol. The van der Waals surface area contributed by atoms with Crippen molar-refractivity contribution < 1.29 is 0 Å². The van der Waals surface area contributed by atoms with E-state index in [4.69, 9.17) is 11.6 Å². The van der Waals surface area contributed by atoms with E-state index in [0.29, 0.717) is 0 Å². The first-order valence-corrected chi connectivity index (χ1v) is 3.10. The van der Waals surface area contributed by atoms with Crippen LogP contribution in [0.5, 0.6) is 0 Å². The van der Waals surface area contributed by atoms with E-state index >= 15 is 0 Å². The molecule has 0 saturated heterocycles. The standard InChI is InChI=1S/C8H6Cl/c9-7-6-8-4-2-1-3-5-8/h1-5,7H. The maximum absolute atomic E-state index is 5.30. The van der Waals surface area contributed by atoms with E-state index in [2.05, 4.69) is 6.08 Å². The summed E-state index contributed by atoms with van der Waals surface area (Å²) in [5.41, 5.74) is 2.39. The molecule has 1 rings (SSSR count). The largest absolute Gasteiger partial charge is 0.0923 e. The van der Waals surface area contributed by atoms with Crippen molar-refractivity contribution in [1.82, 2.24) is 0 Å². The summed E-state index contributed by atoms with van der Waals surface area (Å²) in [6.45, 7) is 0. The van der Waals surface area contributed by atoms with Crippen molar-refractivity contribution in [2.75, 3.05) is 0 Å². The van der Waals surface area contributed by atoms with Gasteiger partial charge in [-0.1, -0.05) is 41.9 Å². The van der Waals surface area contributed by atoms with Crippen molar-refractivity contribution in [3.8, 4) is 0 Å². The van der Waals surface area contributed by atoms with Crippen LogP contribution in [-0.4, -0.2) is 0 Å². The Labute approximate surface area is 59.8 Å². The summed E-state index contributed by atoms with van der Waals surface area (Å²) in [7, 11) is 0. The van der Waals surface area contributed by atoms with Crippen molar-refractivity contribution in [1.29, 1.82) is 0 Å². The second-order valence-corrected chi connectivity index (χ2v) is 1.84. The summed E-state index contributed by atoms with van der Waals surface area (Å²) in [5.74, 6) is 0. The molecular formula is C8H6Cl. The van der Waals surface area contributed by atoms with Crippen molar-refractivity contribution >= 4 is 11.6 Å². The topological polar surface area (TPSA) is 0 Å². The van der Waals surface area contributed by atoms with Gasteiger partial charge in [0.1, 0.15) is 0 Å². The Hall–Kier alpha value is -0.750. The van der Waals surface area contributed by atoms with Crippen LogP contribution in [0.4, 0.5) is 0 Å². The van der Waals surface area contributed by atoms with Crippen molar-refractivity contribution in [3.05, 3.63) is 47.5 Å². The minimum absolute atomic E-state index is 1.01. The molecule has 0 atom stereocenters. The molecule has 1 aromatic rings. The maximum atomic E-state index is 5.30. The van der Waals surface area contributed by atoms with Gasteiger partial charge in [-0.05, 0) is 5.56 Å². The van der Waals surface area contributed by atoms with Gasteiger partial charge in [0, 0.05) is 11.6 Å². The molecule has 0 aromatic heterocycles. The van der Waals surface area contributed by atoms with Gasteiger partial charge in [0.25, 0.3) is 0 Å². The van der Waals surface area contributed by atoms with Crippen LogP contribution in [0.3, 0.4) is 0 Å². The molecule has 0 aliphatic rings. The number of benzene rings is 1. The van der Waals surface area contributed by atoms with Crippen LogP contribution in [0.25, 0.3) is 0 Å². The Morgan fingerprint density at radius 3 is 2.44 bits per heavy atom. The molecule has 1 radical (unpaired) electrons. The number of hydrogen-bond acceptors (Lipinski definition) is 0. The molecule has 0 saturated carbocycles. The van der Waals surface area contributed by atoms with E-state index < -0.39 is 0 Å². The first-order valence-electron chi connectivity index (χ1n) is 2.67. The van der Waals surface area contributed by atoms with Gasteiger partial charge < -0.3 is 0 Å². The fraction of sp³-hybridized carbons (Fsp3) is 0. The normalized spacial score (nSPS) is 10.3. The Balaban J connectivity index is 2.85. The summed E-state index contributed by atoms with van der Waals surface area (Å²) in [5, 5.41) is 0. The van der Waals surface area contributed by atoms with Crippen molar-refractivity contribution in [2.24, 2.45) is 0 Å². The molecule has 0 N–H and O–H groups in total. The Morgan fingerprint density at radius 2 is 1.89 bits per heavy atom. The highest BCUT2D eigenvalue weighted by molar-refractivity contribution is 6.25. The van der Waals surface area contributed by atoms with Gasteiger partial charge in [-0.3, -0.25) is 0 Å². The van der Waals surface area contributed by atoms with Gasteiger partial charge in [-0.25, -0.2) is 0 Å². The van der Waals surface area contributed by atoms with Crippen LogP contribution in [0.2, 0.25) is 0 Å². The molecule has 0 amide bonds. The van der Waals surface area contributed by atoms with Crippen LogP contribution < -0.4 is 0 Å². The van der Waals surface area contributed by atoms with Gasteiger partial charge in [-0.15, -0.1) is 0 Å². The van der Waals surface area contributed by atoms with Crippen LogP contribution in [0.1, 0.15) is 5.56 Å². The van der Waals surface area contributed by atoms with Gasteiger partial charge in [0.2, 0.25) is 0 Å². The lowest BCUT2D eigenvalue weighted by Gasteiger charge is -1.85. The molecule has 0 aliphatic heterocycles. The molecule has 0 bridgehead atoms. The summed E-state index contributed by atoms with van der Waals surface area (Å²) in [6, 6.07) is 9.74. The second-order valence-electron chi connectivity index (χ2n) is 1.62. The van der Waals surface area contributed by atoms with Crippen molar-refractivity contribution in [2.45, 2.75) is 0 Å². The Kier molecular flexibility index (Phi) is 2.34. The van der Waals surface area contributed by atoms with Crippen LogP contribution in [-0.2, 0) is 0 Å². The maximum Gasteiger partial charge on any atom is 0.0128 e. The van der Waals surface area contributed by atoms with Gasteiger partial charge in [-0.2, -0.15) is 0 Å². The zero-order valence-corrected chi connectivity index (χ0v) is 5.60. The first kappa shape index (κ1) is 6.37. The minimum atomic E-state index is 1.01. The molecule has 0 unspecified atom stereocenters. The van der Waals surface area contributed by atoms with Crippen molar-refractivity contribution in [3.63, 3.8) is 0 Å². The molecular weight excluding hydrogens is 132 g/mol. The van der Waals surface area contributed by atoms with E-state index in [1.165, 1.54) is 5.54 Å². The lowest BCUT2D eigenvalue weighted by Crippen LogP contribution is -1.67. The van der Waals surface area contributed by atoms with Gasteiger partial charge in [0.15, 0.2) is 0 Å². The first-order chi connectivity index (χ1) is 4.43. The second kappa shape index (κ2) is 3.31. The highest BCUT2D eigenvalue weighted by atomic mass is 35.5. The molecule has 0 fully saturated rings. The molecule has 0 spiro atoms. The summed E-state index contributed by atoms with van der Waals surface area (Å²) < 4.78 is 0. The van der Waals surface area contributed by atoms with Crippen LogP contribution >= 0.6 is 11.6 Å². The van der Waals surface area contributed by atoms with Gasteiger partial charge >= 0.3 is 0 Å². The predicted octanol–water partition coefficient (Wildman–Crippen LogP) is 2.59. The quantitative estimate of drug-likeness (QED) is 0.558. The smallest absolute Gasteiger partial charge is 0.0128 e. The van der Waals surface area contributed by atoms with Gasteiger partial charge in [0.05, 0.1) is 0 Å². The van der Waals surface area contributed by atoms with E-state index in [1.54, 1.807) is 0 Å². The zero-order chi connectivity index (χ0) is 6.53. The highest BCUT2D eigenvalue weighted by Gasteiger charge is 1.79. The predicted molar refractivity (Wildman–Crippen MR) is 39.2 cm³/mol. The summed E-state index contributed by atoms with van der Waals surface area (Å²) in [4.78, 5) is 0. The fourth-order valence-corrected chi connectivity index (χ4v) is 0.723. The molecule has 0 nitrogen and oxygen atoms in total. The highest BCUT2D eigenvalue weighted by Crippen LogP contribution is 1.97. The van der Waals surface area contributed by atoms with E-state index in [0.717, 1.165) is 5.56 Å². The SMILES string of the molecule is Cl/C=[C]\c1ccccc1. The number of rotatable bonds is 1. The molecule has 0 heterocycles. The van der Waals surface area contributed by atoms with E-state index in [-0.39, 0.29) is 0 Å². The number of hydrogen-bond donors (Lipinski definition) is 0. The Morgan fingerprint density at radius 1 is 1.22 bits per heavy atom. The third-order valence-corrected chi connectivity index (χ3v) is 1.10. The summed E-state index contributed by atoms with van der Waals surface area (Å²) >= 11 is 5.30. The minimum Gasteiger partial charge on any atom is -0.0923 e. The van der Waals surface area contributed by atoms with Crippen LogP contribution in [0.15, 0.2) is 35.9 Å². The Bertz CT molecular complexity index is 189. The third kappa shape index (κ3) is 1.90. The summed E-state index contributed by atoms with van der Waals surface area (Å²) in [6.07, 6.45) is 2.85. The third-order valence-electron chi connectivity index (χ3n) is 0.995. The average Bonchev–Trinajstić information content (AvgIpc) is 1.91. The zero-order valence-electron chi connectivity index (χ0n) is 4.84. The fourth-order valence-electron chi connectivity index (χ4n) is 0.597. The lowest BCUT2D eigenvalue weighted by atomic mass is 10.2. The lowest BCUT2D eigenvalue weighted by molar-refractivity contribution is 1.58. The van der Waals surface area contributed by atoms with Crippen LogP contribution in [0, 0.1) is 6.08 Å². The molecule has 9 heavy (non-hydrogen) atoms.